The maximum absolute atomic E-state index is 12.2. The van der Waals surface area contributed by atoms with Crippen molar-refractivity contribution >= 4 is 28.1 Å². The van der Waals surface area contributed by atoms with E-state index >= 15 is 0 Å². The lowest BCUT2D eigenvalue weighted by Crippen LogP contribution is -2.44. The number of aldehydes is 1. The molecular weight excluding hydrogens is 532 g/mol. The molecule has 3 N–H and O–H groups in total. The highest BCUT2D eigenvalue weighted by atomic mass is 79.9. The number of carbonyl (C=O) groups is 2. The number of benzene rings is 1. The molecule has 0 saturated heterocycles. The van der Waals surface area contributed by atoms with E-state index in [1.165, 1.54) is 7.05 Å². The van der Waals surface area contributed by atoms with Crippen LogP contribution in [0.3, 0.4) is 0 Å². The van der Waals surface area contributed by atoms with Crippen LogP contribution in [-0.4, -0.2) is 37.8 Å². The molecule has 0 bridgehead atoms. The number of hydrogen-bond acceptors (Lipinski definition) is 5. The Balaban J connectivity index is 0.00000163. The lowest BCUT2D eigenvalue weighted by molar-refractivity contribution is -0.117. The van der Waals surface area contributed by atoms with E-state index in [0.29, 0.717) is 28.2 Å². The number of nitrogens with two attached hydrogens (primary N) is 1. The van der Waals surface area contributed by atoms with Crippen molar-refractivity contribution in [3.05, 3.63) is 88.7 Å². The zero-order valence-corrected chi connectivity index (χ0v) is 23.8. The van der Waals surface area contributed by atoms with Crippen LogP contribution in [0.2, 0.25) is 0 Å². The van der Waals surface area contributed by atoms with Gasteiger partial charge in [-0.25, -0.2) is 0 Å². The third kappa shape index (κ3) is 7.42. The average Bonchev–Trinajstić information content (AvgIpc) is 2.93. The Morgan fingerprint density at radius 1 is 1.32 bits per heavy atom. The van der Waals surface area contributed by atoms with Gasteiger partial charge in [-0.1, -0.05) is 84.3 Å². The fourth-order valence-electron chi connectivity index (χ4n) is 4.12. The van der Waals surface area contributed by atoms with Gasteiger partial charge >= 0.3 is 0 Å². The molecule has 1 amide bonds. The standard InChI is InChI=1S/C27H26BrNO4.C2H6.CH5N/c1-4-24-23(16-15-19(2)29-26(31)17-28)27(32-3,22-13-9-10-14-25(22)33-24)21-12-8-6-5-7-11-20(21)18-30;2*1-2/h1,5,7,9-16,18,24H,6,8,17H2,2-3H3,(H,29,31);1-2H3;2H2,1H3/b7-5-,19-15+,20-11-,21-12?,23-16+;;. The van der Waals surface area contributed by atoms with Crippen LogP contribution in [0, 0.1) is 12.3 Å². The van der Waals surface area contributed by atoms with Crippen molar-refractivity contribution in [2.24, 2.45) is 5.73 Å². The molecule has 1 heterocycles. The molecule has 1 aliphatic carbocycles. The predicted molar refractivity (Wildman–Crippen MR) is 154 cm³/mol. The van der Waals surface area contributed by atoms with Crippen LogP contribution in [0.15, 0.2) is 83.1 Å². The number of fused-ring (bicyclic) bond motifs is 1. The zero-order chi connectivity index (χ0) is 27.8. The molecule has 7 heteroatoms. The summed E-state index contributed by atoms with van der Waals surface area (Å²) in [5, 5.41) is 2.98. The van der Waals surface area contributed by atoms with Crippen LogP contribution >= 0.6 is 15.9 Å². The van der Waals surface area contributed by atoms with Gasteiger partial charge in [0.15, 0.2) is 6.10 Å². The molecule has 0 radical (unpaired) electrons. The third-order valence-electron chi connectivity index (χ3n) is 5.54. The number of nitrogens with one attached hydrogen (secondary N) is 1. The van der Waals surface area contributed by atoms with Crippen molar-refractivity contribution < 1.29 is 19.1 Å². The van der Waals surface area contributed by atoms with Crippen molar-refractivity contribution in [1.29, 1.82) is 0 Å². The molecule has 0 aromatic heterocycles. The number of rotatable bonds is 6. The summed E-state index contributed by atoms with van der Waals surface area (Å²) >= 11 is 3.15. The van der Waals surface area contributed by atoms with Crippen LogP contribution in [0.1, 0.15) is 39.2 Å². The van der Waals surface area contributed by atoms with E-state index in [1.807, 2.05) is 62.4 Å². The first-order valence-electron chi connectivity index (χ1n) is 12.1. The fourth-order valence-corrected chi connectivity index (χ4v) is 4.26. The minimum atomic E-state index is -1.15. The molecule has 1 aliphatic heterocycles. The molecular formula is C30H37BrN2O4. The Bertz CT molecular complexity index is 1120. The van der Waals surface area contributed by atoms with E-state index in [1.54, 1.807) is 26.2 Å². The van der Waals surface area contributed by atoms with E-state index in [4.69, 9.17) is 15.9 Å². The van der Waals surface area contributed by atoms with Gasteiger partial charge < -0.3 is 20.5 Å². The average molecular weight is 570 g/mol. The quantitative estimate of drug-likeness (QED) is 0.277. The number of amides is 1. The molecule has 2 aliphatic rings. The van der Waals surface area contributed by atoms with Gasteiger partial charge in [-0.05, 0) is 44.5 Å². The Hall–Kier alpha value is -3.18. The maximum atomic E-state index is 12.2. The highest BCUT2D eigenvalue weighted by molar-refractivity contribution is 9.09. The largest absolute Gasteiger partial charge is 0.473 e. The molecule has 0 saturated carbocycles. The molecule has 0 spiro atoms. The number of ether oxygens (including phenoxy) is 2. The van der Waals surface area contributed by atoms with Crippen molar-refractivity contribution in [1.82, 2.24) is 5.32 Å². The summed E-state index contributed by atoms with van der Waals surface area (Å²) in [4.78, 5) is 24.0. The number of hydrogen-bond donors (Lipinski definition) is 2. The minimum absolute atomic E-state index is 0.167. The SMILES string of the molecule is C#CC1Oc2ccccc2C(OC)(C2=CCC/C=C\C=C/2C=O)/C1=C/C=C(\C)NC(=O)CBr.CC.CN. The zero-order valence-electron chi connectivity index (χ0n) is 22.2. The van der Waals surface area contributed by atoms with E-state index in [-0.39, 0.29) is 11.2 Å². The van der Waals surface area contributed by atoms with E-state index < -0.39 is 11.7 Å². The smallest absolute Gasteiger partial charge is 0.234 e. The van der Waals surface area contributed by atoms with Crippen LogP contribution in [0.4, 0.5) is 0 Å². The minimum Gasteiger partial charge on any atom is -0.473 e. The summed E-state index contributed by atoms with van der Waals surface area (Å²) in [6, 6.07) is 7.53. The normalized spacial score (nSPS) is 23.8. The van der Waals surface area contributed by atoms with Crippen molar-refractivity contribution in [2.75, 3.05) is 19.5 Å². The maximum Gasteiger partial charge on any atom is 0.234 e. The second-order valence-corrected chi connectivity index (χ2v) is 8.12. The van der Waals surface area contributed by atoms with Crippen LogP contribution < -0.4 is 15.8 Å². The number of methoxy groups -OCH3 is 1. The number of terminal acetylenes is 1. The Kier molecular flexibility index (Phi) is 14.2. The first-order chi connectivity index (χ1) is 18.0. The second-order valence-electron chi connectivity index (χ2n) is 7.56. The van der Waals surface area contributed by atoms with Crippen molar-refractivity contribution in [3.8, 4) is 18.1 Å². The Morgan fingerprint density at radius 2 is 2.03 bits per heavy atom. The van der Waals surface area contributed by atoms with Crippen LogP contribution in [0.5, 0.6) is 5.75 Å². The number of halogens is 1. The number of para-hydroxylation sites is 1. The van der Waals surface area contributed by atoms with Gasteiger partial charge in [-0.15, -0.1) is 6.42 Å². The predicted octanol–water partition coefficient (Wildman–Crippen LogP) is 5.27. The summed E-state index contributed by atoms with van der Waals surface area (Å²) in [6.07, 6.45) is 18.9. The lowest BCUT2D eigenvalue weighted by Gasteiger charge is -2.44. The van der Waals surface area contributed by atoms with Gasteiger partial charge in [-0.2, -0.15) is 0 Å². The molecule has 0 fully saturated rings. The summed E-state index contributed by atoms with van der Waals surface area (Å²) in [5.74, 6) is 3.14. The molecule has 3 rings (SSSR count). The number of alkyl halides is 1. The van der Waals surface area contributed by atoms with Gasteiger partial charge in [0, 0.05) is 29.5 Å². The lowest BCUT2D eigenvalue weighted by atomic mass is 9.72. The number of carbonyl (C=O) groups excluding carboxylic acids is 2. The van der Waals surface area contributed by atoms with Crippen molar-refractivity contribution in [3.63, 3.8) is 0 Å². The van der Waals surface area contributed by atoms with E-state index in [0.717, 1.165) is 24.7 Å². The van der Waals surface area contributed by atoms with E-state index in [9.17, 15) is 9.59 Å². The molecule has 2 atom stereocenters. The monoisotopic (exact) mass is 568 g/mol. The van der Waals surface area contributed by atoms with Crippen molar-refractivity contribution in [2.45, 2.75) is 45.3 Å². The molecule has 37 heavy (non-hydrogen) atoms. The fraction of sp³-hybridized carbons (Fsp3) is 0.333. The summed E-state index contributed by atoms with van der Waals surface area (Å²) in [5.41, 5.74) is 6.58. The highest BCUT2D eigenvalue weighted by Crippen LogP contribution is 2.51. The van der Waals surface area contributed by atoms with E-state index in [2.05, 4.69) is 32.9 Å². The summed E-state index contributed by atoms with van der Waals surface area (Å²) < 4.78 is 12.4. The first-order valence-corrected chi connectivity index (χ1v) is 13.3. The van der Waals surface area contributed by atoms with Gasteiger partial charge in [0.2, 0.25) is 5.91 Å². The summed E-state index contributed by atoms with van der Waals surface area (Å²) in [7, 11) is 3.10. The molecule has 1 aromatic carbocycles. The topological polar surface area (TPSA) is 90.6 Å². The summed E-state index contributed by atoms with van der Waals surface area (Å²) in [6.45, 7) is 5.78. The molecule has 6 nitrogen and oxygen atoms in total. The van der Waals surface area contributed by atoms with Gasteiger partial charge in [-0.3, -0.25) is 9.59 Å². The highest BCUT2D eigenvalue weighted by Gasteiger charge is 2.49. The third-order valence-corrected chi connectivity index (χ3v) is 6.05. The Labute approximate surface area is 229 Å². The van der Waals surface area contributed by atoms with Crippen LogP contribution in [-0.2, 0) is 19.9 Å². The Morgan fingerprint density at radius 3 is 2.65 bits per heavy atom. The molecule has 2 unspecified atom stereocenters. The number of allylic oxidation sites excluding steroid dienone is 7. The molecule has 198 valence electrons. The second kappa shape index (κ2) is 16.5. The van der Waals surface area contributed by atoms with Gasteiger partial charge in [0.1, 0.15) is 17.6 Å². The van der Waals surface area contributed by atoms with Gasteiger partial charge in [0.25, 0.3) is 0 Å². The first kappa shape index (κ1) is 31.8. The van der Waals surface area contributed by atoms with Crippen LogP contribution in [0.25, 0.3) is 0 Å². The van der Waals surface area contributed by atoms with Gasteiger partial charge in [0.05, 0.1) is 5.33 Å². The molecule has 1 aromatic rings.